The number of benzene rings is 2. The van der Waals surface area contributed by atoms with Crippen LogP contribution in [-0.2, 0) is 17.4 Å². The van der Waals surface area contributed by atoms with E-state index in [0.29, 0.717) is 11.3 Å². The van der Waals surface area contributed by atoms with Gasteiger partial charge in [0.1, 0.15) is 0 Å². The number of halogens is 3. The van der Waals surface area contributed by atoms with Gasteiger partial charge >= 0.3 is 6.18 Å². The molecule has 0 spiro atoms. The molecule has 3 rings (SSSR count). The number of carbonyl (C=O) groups excluding carboxylic acids is 1. The minimum Gasteiger partial charge on any atom is -0.372 e. The molecule has 1 amide bonds. The fraction of sp³-hybridized carbons (Fsp3) is 0.381. The van der Waals surface area contributed by atoms with Crippen LogP contribution in [0.2, 0.25) is 0 Å². The molecule has 0 aromatic heterocycles. The predicted octanol–water partition coefficient (Wildman–Crippen LogP) is 5.27. The number of amides is 1. The van der Waals surface area contributed by atoms with Gasteiger partial charge < -0.3 is 10.2 Å². The van der Waals surface area contributed by atoms with Crippen molar-refractivity contribution in [1.29, 1.82) is 0 Å². The summed E-state index contributed by atoms with van der Waals surface area (Å²) in [5.74, 6) is -0.336. The number of hydrogen-bond acceptors (Lipinski definition) is 2. The Balaban J connectivity index is 1.59. The smallest absolute Gasteiger partial charge is 0.372 e. The Bertz CT molecular complexity index is 764. The maximum absolute atomic E-state index is 12.8. The maximum Gasteiger partial charge on any atom is 0.416 e. The maximum atomic E-state index is 12.8. The van der Waals surface area contributed by atoms with Crippen LogP contribution in [-0.4, -0.2) is 19.0 Å². The van der Waals surface area contributed by atoms with Crippen LogP contribution in [0.3, 0.4) is 0 Å². The molecule has 0 saturated carbocycles. The van der Waals surface area contributed by atoms with Crippen LogP contribution in [0.4, 0.5) is 24.5 Å². The number of nitrogens with one attached hydrogen (secondary N) is 1. The van der Waals surface area contributed by atoms with E-state index in [-0.39, 0.29) is 12.3 Å². The van der Waals surface area contributed by atoms with Gasteiger partial charge in [-0.2, -0.15) is 13.2 Å². The van der Waals surface area contributed by atoms with Crippen LogP contribution in [0.15, 0.2) is 48.5 Å². The summed E-state index contributed by atoms with van der Waals surface area (Å²) in [7, 11) is 0. The summed E-state index contributed by atoms with van der Waals surface area (Å²) < 4.78 is 38.3. The van der Waals surface area contributed by atoms with E-state index >= 15 is 0 Å². The van der Waals surface area contributed by atoms with Crippen molar-refractivity contribution >= 4 is 17.3 Å². The Morgan fingerprint density at radius 1 is 0.963 bits per heavy atom. The Kier molecular flexibility index (Phi) is 6.04. The first-order valence-corrected chi connectivity index (χ1v) is 9.23. The lowest BCUT2D eigenvalue weighted by Gasteiger charge is -2.22. The molecule has 1 N–H and O–H groups in total. The predicted molar refractivity (Wildman–Crippen MR) is 101 cm³/mol. The van der Waals surface area contributed by atoms with E-state index in [0.717, 1.165) is 30.9 Å². The number of hydrogen-bond donors (Lipinski definition) is 1. The molecule has 0 unspecified atom stereocenters. The Morgan fingerprint density at radius 2 is 1.63 bits per heavy atom. The van der Waals surface area contributed by atoms with Crippen molar-refractivity contribution in [1.82, 2.24) is 0 Å². The summed E-state index contributed by atoms with van der Waals surface area (Å²) in [6.07, 6.45) is 0.402. The summed E-state index contributed by atoms with van der Waals surface area (Å²) in [4.78, 5) is 14.5. The first kappa shape index (κ1) is 19.3. The molecular weight excluding hydrogens is 353 g/mol. The molecule has 27 heavy (non-hydrogen) atoms. The minimum atomic E-state index is -4.41. The fourth-order valence-corrected chi connectivity index (χ4v) is 3.33. The average molecular weight is 376 g/mol. The molecule has 0 radical (unpaired) electrons. The van der Waals surface area contributed by atoms with Gasteiger partial charge in [0.15, 0.2) is 0 Å². The summed E-state index contributed by atoms with van der Waals surface area (Å²) >= 11 is 0. The third-order valence-electron chi connectivity index (χ3n) is 4.74. The molecule has 1 fully saturated rings. The zero-order chi connectivity index (χ0) is 19.3. The van der Waals surface area contributed by atoms with Gasteiger partial charge in [0.2, 0.25) is 5.91 Å². The lowest BCUT2D eigenvalue weighted by molar-refractivity contribution is -0.137. The van der Waals surface area contributed by atoms with Gasteiger partial charge in [0.25, 0.3) is 0 Å². The van der Waals surface area contributed by atoms with E-state index in [9.17, 15) is 18.0 Å². The van der Waals surface area contributed by atoms with Crippen molar-refractivity contribution in [3.05, 3.63) is 59.7 Å². The third kappa shape index (κ3) is 5.49. The molecule has 0 atom stereocenters. The number of rotatable bonds is 4. The van der Waals surface area contributed by atoms with Gasteiger partial charge in [-0.05, 0) is 48.7 Å². The number of alkyl halides is 3. The lowest BCUT2D eigenvalue weighted by atomic mass is 10.1. The Morgan fingerprint density at radius 3 is 2.26 bits per heavy atom. The highest BCUT2D eigenvalue weighted by Gasteiger charge is 2.30. The second-order valence-corrected chi connectivity index (χ2v) is 6.87. The largest absolute Gasteiger partial charge is 0.416 e. The van der Waals surface area contributed by atoms with Gasteiger partial charge in [-0.25, -0.2) is 0 Å². The van der Waals surface area contributed by atoms with Gasteiger partial charge in [-0.15, -0.1) is 0 Å². The molecule has 6 heteroatoms. The van der Waals surface area contributed by atoms with Crippen LogP contribution < -0.4 is 10.2 Å². The molecule has 144 valence electrons. The van der Waals surface area contributed by atoms with E-state index in [2.05, 4.69) is 10.2 Å². The molecule has 2 aromatic rings. The highest BCUT2D eigenvalue weighted by molar-refractivity contribution is 5.92. The summed E-state index contributed by atoms with van der Waals surface area (Å²) in [5.41, 5.74) is 1.37. The molecule has 1 aliphatic heterocycles. The van der Waals surface area contributed by atoms with Gasteiger partial charge in [0, 0.05) is 24.5 Å². The second-order valence-electron chi connectivity index (χ2n) is 6.87. The topological polar surface area (TPSA) is 32.3 Å². The standard InChI is InChI=1S/C21H23F3N2O/c22-21(23,24)17-7-5-6-16(14-17)15-20(27)25-18-8-10-19(11-9-18)26-12-3-1-2-4-13-26/h5-11,14H,1-4,12-13,15H2,(H,25,27). The van der Waals surface area contributed by atoms with Crippen LogP contribution in [0.5, 0.6) is 0 Å². The molecule has 0 aliphatic carbocycles. The fourth-order valence-electron chi connectivity index (χ4n) is 3.33. The zero-order valence-electron chi connectivity index (χ0n) is 15.1. The van der Waals surface area contributed by atoms with E-state index in [1.54, 1.807) is 0 Å². The van der Waals surface area contributed by atoms with E-state index in [4.69, 9.17) is 0 Å². The van der Waals surface area contributed by atoms with Crippen molar-refractivity contribution in [3.8, 4) is 0 Å². The van der Waals surface area contributed by atoms with Gasteiger partial charge in [0.05, 0.1) is 12.0 Å². The molecular formula is C21H23F3N2O. The first-order chi connectivity index (χ1) is 12.9. The van der Waals surface area contributed by atoms with Crippen LogP contribution in [0.1, 0.15) is 36.8 Å². The second kappa shape index (κ2) is 8.46. The molecule has 1 saturated heterocycles. The summed E-state index contributed by atoms with van der Waals surface area (Å²) in [5, 5.41) is 2.75. The normalized spacial score (nSPS) is 15.3. The number of anilines is 2. The Hall–Kier alpha value is -2.50. The third-order valence-corrected chi connectivity index (χ3v) is 4.74. The number of carbonyl (C=O) groups is 1. The van der Waals surface area contributed by atoms with Crippen molar-refractivity contribution < 1.29 is 18.0 Å². The van der Waals surface area contributed by atoms with Crippen molar-refractivity contribution in [3.63, 3.8) is 0 Å². The van der Waals surface area contributed by atoms with Crippen LogP contribution in [0.25, 0.3) is 0 Å². The monoisotopic (exact) mass is 376 g/mol. The van der Waals surface area contributed by atoms with Crippen LogP contribution >= 0.6 is 0 Å². The summed E-state index contributed by atoms with van der Waals surface area (Å²) in [6.45, 7) is 2.09. The minimum absolute atomic E-state index is 0.0994. The van der Waals surface area contributed by atoms with Crippen molar-refractivity contribution in [2.75, 3.05) is 23.3 Å². The zero-order valence-corrected chi connectivity index (χ0v) is 15.1. The molecule has 1 aliphatic rings. The average Bonchev–Trinajstić information content (AvgIpc) is 2.91. The van der Waals surface area contributed by atoms with Crippen LogP contribution in [0, 0.1) is 0 Å². The highest BCUT2D eigenvalue weighted by Crippen LogP contribution is 2.29. The van der Waals surface area contributed by atoms with Gasteiger partial charge in [-0.3, -0.25) is 4.79 Å². The molecule has 2 aromatic carbocycles. The van der Waals surface area contributed by atoms with Gasteiger partial charge in [-0.1, -0.05) is 31.0 Å². The summed E-state index contributed by atoms with van der Waals surface area (Å²) in [6, 6.07) is 12.5. The highest BCUT2D eigenvalue weighted by atomic mass is 19.4. The van der Waals surface area contributed by atoms with Crippen molar-refractivity contribution in [2.45, 2.75) is 38.3 Å². The lowest BCUT2D eigenvalue weighted by Crippen LogP contribution is -2.23. The Labute approximate surface area is 157 Å². The first-order valence-electron chi connectivity index (χ1n) is 9.23. The molecule has 3 nitrogen and oxygen atoms in total. The SMILES string of the molecule is O=C(Cc1cccc(C(F)(F)F)c1)Nc1ccc(N2CCCCCC2)cc1. The molecule has 0 bridgehead atoms. The van der Waals surface area contributed by atoms with E-state index in [1.807, 2.05) is 24.3 Å². The van der Waals surface area contributed by atoms with E-state index < -0.39 is 11.7 Å². The quantitative estimate of drug-likeness (QED) is 0.789. The van der Waals surface area contributed by atoms with Crippen molar-refractivity contribution in [2.24, 2.45) is 0 Å². The molecule has 1 heterocycles. The van der Waals surface area contributed by atoms with E-state index in [1.165, 1.54) is 37.8 Å². The number of nitrogens with zero attached hydrogens (tertiary/aromatic N) is 1.